The molecule has 1 heterocycles. The van der Waals surface area contributed by atoms with Crippen LogP contribution in [-0.4, -0.2) is 49.0 Å². The lowest BCUT2D eigenvalue weighted by atomic mass is 10.1. The fourth-order valence-corrected chi connectivity index (χ4v) is 3.19. The number of piperazine rings is 1. The van der Waals surface area contributed by atoms with E-state index in [1.54, 1.807) is 12.0 Å². The van der Waals surface area contributed by atoms with Gasteiger partial charge in [-0.25, -0.2) is 0 Å². The second kappa shape index (κ2) is 7.61. The van der Waals surface area contributed by atoms with E-state index in [-0.39, 0.29) is 22.2 Å². The monoisotopic (exact) mass is 375 g/mol. The summed E-state index contributed by atoms with van der Waals surface area (Å²) in [5.74, 6) is 0.578. The highest BCUT2D eigenvalue weighted by atomic mass is 35.5. The van der Waals surface area contributed by atoms with E-state index in [1.165, 1.54) is 18.2 Å². The van der Waals surface area contributed by atoms with Crippen molar-refractivity contribution in [2.45, 2.75) is 0 Å². The zero-order chi connectivity index (χ0) is 18.7. The number of anilines is 1. The number of rotatable bonds is 4. The molecule has 7 nitrogen and oxygen atoms in total. The Balaban J connectivity index is 1.67. The lowest BCUT2D eigenvalue weighted by Crippen LogP contribution is -2.48. The second-order valence-electron chi connectivity index (χ2n) is 5.90. The number of ether oxygens (including phenoxy) is 1. The Kier molecular flexibility index (Phi) is 5.27. The van der Waals surface area contributed by atoms with E-state index < -0.39 is 4.92 Å². The van der Waals surface area contributed by atoms with Crippen molar-refractivity contribution in [3.05, 3.63) is 63.2 Å². The van der Waals surface area contributed by atoms with Gasteiger partial charge in [-0.05, 0) is 18.2 Å². The number of nitrogens with zero attached hydrogens (tertiary/aromatic N) is 3. The van der Waals surface area contributed by atoms with Gasteiger partial charge in [-0.1, -0.05) is 17.7 Å². The first-order valence-corrected chi connectivity index (χ1v) is 8.49. The fraction of sp³-hybridized carbons (Fsp3) is 0.278. The quantitative estimate of drug-likeness (QED) is 0.605. The number of carbonyl (C=O) groups is 1. The number of carbonyl (C=O) groups excluding carboxylic acids is 1. The van der Waals surface area contributed by atoms with Crippen molar-refractivity contribution in [2.24, 2.45) is 0 Å². The minimum atomic E-state index is -0.535. The van der Waals surface area contributed by atoms with Crippen molar-refractivity contribution < 1.29 is 14.5 Å². The van der Waals surface area contributed by atoms with Crippen LogP contribution in [0.5, 0.6) is 5.75 Å². The van der Waals surface area contributed by atoms with Crippen molar-refractivity contribution >= 4 is 28.9 Å². The van der Waals surface area contributed by atoms with Gasteiger partial charge in [0.2, 0.25) is 0 Å². The molecule has 1 saturated heterocycles. The summed E-state index contributed by atoms with van der Waals surface area (Å²) < 4.78 is 5.25. The molecule has 1 aliphatic rings. The highest BCUT2D eigenvalue weighted by Gasteiger charge is 2.24. The highest BCUT2D eigenvalue weighted by Crippen LogP contribution is 2.25. The maximum absolute atomic E-state index is 12.7. The lowest BCUT2D eigenvalue weighted by Gasteiger charge is -2.36. The molecule has 0 unspecified atom stereocenters. The van der Waals surface area contributed by atoms with Gasteiger partial charge in [-0.3, -0.25) is 14.9 Å². The summed E-state index contributed by atoms with van der Waals surface area (Å²) in [7, 11) is 1.63. The van der Waals surface area contributed by atoms with Gasteiger partial charge >= 0.3 is 0 Å². The predicted molar refractivity (Wildman–Crippen MR) is 99.2 cm³/mol. The summed E-state index contributed by atoms with van der Waals surface area (Å²) in [5.41, 5.74) is 1.20. The third kappa shape index (κ3) is 3.72. The van der Waals surface area contributed by atoms with Crippen LogP contribution in [0, 0.1) is 10.1 Å². The Bertz CT molecular complexity index is 835. The molecule has 2 aromatic rings. The molecule has 1 amide bonds. The number of nitro groups is 1. The standard InChI is InChI=1S/C18H18ClN3O4/c1-26-15-4-2-3-13(11-15)20-7-9-21(10-8-20)18(23)16-6-5-14(22(24)25)12-17(16)19/h2-6,11-12H,7-10H2,1H3. The molecular formula is C18H18ClN3O4. The number of non-ortho nitro benzene ring substituents is 1. The molecule has 0 spiro atoms. The Morgan fingerprint density at radius 2 is 1.88 bits per heavy atom. The summed E-state index contributed by atoms with van der Waals surface area (Å²) in [6, 6.07) is 11.7. The van der Waals surface area contributed by atoms with Crippen LogP contribution in [-0.2, 0) is 0 Å². The van der Waals surface area contributed by atoms with E-state index in [0.717, 1.165) is 11.4 Å². The largest absolute Gasteiger partial charge is 0.497 e. The maximum Gasteiger partial charge on any atom is 0.270 e. The molecule has 8 heteroatoms. The predicted octanol–water partition coefficient (Wildman–Crippen LogP) is 3.22. The molecule has 2 aromatic carbocycles. The number of nitro benzene ring substituents is 1. The van der Waals surface area contributed by atoms with Gasteiger partial charge in [0, 0.05) is 50.1 Å². The van der Waals surface area contributed by atoms with E-state index in [2.05, 4.69) is 4.90 Å². The summed E-state index contributed by atoms with van der Waals surface area (Å²) in [5, 5.41) is 10.9. The van der Waals surface area contributed by atoms with Gasteiger partial charge in [0.25, 0.3) is 11.6 Å². The zero-order valence-corrected chi connectivity index (χ0v) is 15.0. The minimum Gasteiger partial charge on any atom is -0.497 e. The van der Waals surface area contributed by atoms with E-state index in [4.69, 9.17) is 16.3 Å². The normalized spacial score (nSPS) is 14.2. The average Bonchev–Trinajstić information content (AvgIpc) is 2.67. The van der Waals surface area contributed by atoms with Crippen LogP contribution < -0.4 is 9.64 Å². The van der Waals surface area contributed by atoms with Crippen LogP contribution in [0.3, 0.4) is 0 Å². The summed E-state index contributed by atoms with van der Waals surface area (Å²) in [6.45, 7) is 2.46. The Hall–Kier alpha value is -2.80. The molecule has 0 bridgehead atoms. The first-order chi connectivity index (χ1) is 12.5. The molecule has 1 aliphatic heterocycles. The van der Waals surface area contributed by atoms with Crippen LogP contribution in [0.25, 0.3) is 0 Å². The van der Waals surface area contributed by atoms with Gasteiger partial charge in [-0.15, -0.1) is 0 Å². The third-order valence-corrected chi connectivity index (χ3v) is 4.69. The Labute approximate surface area is 155 Å². The number of hydrogen-bond donors (Lipinski definition) is 0. The van der Waals surface area contributed by atoms with Crippen molar-refractivity contribution in [3.63, 3.8) is 0 Å². The third-order valence-electron chi connectivity index (χ3n) is 4.38. The SMILES string of the molecule is COc1cccc(N2CCN(C(=O)c3ccc([N+](=O)[O-])cc3Cl)CC2)c1. The molecule has 0 radical (unpaired) electrons. The first-order valence-electron chi connectivity index (χ1n) is 8.12. The molecule has 136 valence electrons. The number of hydrogen-bond acceptors (Lipinski definition) is 5. The van der Waals surface area contributed by atoms with Gasteiger partial charge in [0.15, 0.2) is 0 Å². The molecule has 3 rings (SSSR count). The van der Waals surface area contributed by atoms with Crippen molar-refractivity contribution in [1.29, 1.82) is 0 Å². The van der Waals surface area contributed by atoms with Crippen LogP contribution >= 0.6 is 11.6 Å². The van der Waals surface area contributed by atoms with E-state index in [0.29, 0.717) is 26.2 Å². The topological polar surface area (TPSA) is 75.9 Å². The highest BCUT2D eigenvalue weighted by molar-refractivity contribution is 6.34. The van der Waals surface area contributed by atoms with Crippen LogP contribution in [0.4, 0.5) is 11.4 Å². The average molecular weight is 376 g/mol. The smallest absolute Gasteiger partial charge is 0.270 e. The Morgan fingerprint density at radius 1 is 1.15 bits per heavy atom. The van der Waals surface area contributed by atoms with Crippen molar-refractivity contribution in [2.75, 3.05) is 38.2 Å². The van der Waals surface area contributed by atoms with Crippen molar-refractivity contribution in [1.82, 2.24) is 4.90 Å². The summed E-state index contributed by atoms with van der Waals surface area (Å²) >= 11 is 6.07. The molecule has 0 N–H and O–H groups in total. The first kappa shape index (κ1) is 18.0. The van der Waals surface area contributed by atoms with E-state index in [1.807, 2.05) is 24.3 Å². The summed E-state index contributed by atoms with van der Waals surface area (Å²) in [4.78, 5) is 26.8. The van der Waals surface area contributed by atoms with Crippen LogP contribution in [0.1, 0.15) is 10.4 Å². The zero-order valence-electron chi connectivity index (χ0n) is 14.2. The van der Waals surface area contributed by atoms with Crippen LogP contribution in [0.2, 0.25) is 5.02 Å². The Morgan fingerprint density at radius 3 is 2.50 bits per heavy atom. The molecule has 0 atom stereocenters. The molecule has 1 fully saturated rings. The molecular weight excluding hydrogens is 358 g/mol. The van der Waals surface area contributed by atoms with E-state index >= 15 is 0 Å². The molecule has 0 aromatic heterocycles. The number of methoxy groups -OCH3 is 1. The molecule has 0 saturated carbocycles. The van der Waals surface area contributed by atoms with Crippen LogP contribution in [0.15, 0.2) is 42.5 Å². The second-order valence-corrected chi connectivity index (χ2v) is 6.31. The number of amides is 1. The van der Waals surface area contributed by atoms with Gasteiger partial charge < -0.3 is 14.5 Å². The number of halogens is 1. The minimum absolute atomic E-state index is 0.0967. The van der Waals surface area contributed by atoms with Crippen molar-refractivity contribution in [3.8, 4) is 5.75 Å². The summed E-state index contributed by atoms with van der Waals surface area (Å²) in [6.07, 6.45) is 0. The lowest BCUT2D eigenvalue weighted by molar-refractivity contribution is -0.384. The molecule has 26 heavy (non-hydrogen) atoms. The van der Waals surface area contributed by atoms with Gasteiger partial charge in [0.1, 0.15) is 5.75 Å². The molecule has 0 aliphatic carbocycles. The number of benzene rings is 2. The van der Waals surface area contributed by atoms with Gasteiger partial charge in [-0.2, -0.15) is 0 Å². The fourth-order valence-electron chi connectivity index (χ4n) is 2.94. The van der Waals surface area contributed by atoms with E-state index in [9.17, 15) is 14.9 Å². The maximum atomic E-state index is 12.7. The van der Waals surface area contributed by atoms with Gasteiger partial charge in [0.05, 0.1) is 22.6 Å².